The molecule has 9 heteroatoms. The first kappa shape index (κ1) is 20.1. The lowest BCUT2D eigenvalue weighted by atomic mass is 9.92. The second-order valence-electron chi connectivity index (χ2n) is 7.23. The van der Waals surface area contributed by atoms with E-state index in [-0.39, 0.29) is 35.8 Å². The van der Waals surface area contributed by atoms with E-state index in [4.69, 9.17) is 27.9 Å². The van der Waals surface area contributed by atoms with E-state index < -0.39 is 11.9 Å². The molecule has 0 N–H and O–H groups in total. The standard InChI is InChI=1S/C20H18Cl2FN3O3/c1-11-4-14(21)6-24-19(11)26-8-17(27)25(18(20(26)28)13-9-29-10-13)7-12-2-3-16(23)15(22)5-12/h2-6,13,18H,7-10H2,1H3/t18-/m1/s1. The van der Waals surface area contributed by atoms with Crippen LogP contribution in [0.4, 0.5) is 10.2 Å². The van der Waals surface area contributed by atoms with E-state index in [1.54, 1.807) is 19.1 Å². The van der Waals surface area contributed by atoms with E-state index in [1.807, 2.05) is 0 Å². The van der Waals surface area contributed by atoms with Gasteiger partial charge in [-0.1, -0.05) is 29.3 Å². The van der Waals surface area contributed by atoms with Crippen LogP contribution in [0, 0.1) is 18.7 Å². The number of carbonyl (C=O) groups excluding carboxylic acids is 2. The summed E-state index contributed by atoms with van der Waals surface area (Å²) in [6.45, 7) is 2.61. The summed E-state index contributed by atoms with van der Waals surface area (Å²) in [6, 6.07) is 5.30. The largest absolute Gasteiger partial charge is 0.380 e. The zero-order valence-electron chi connectivity index (χ0n) is 15.6. The molecule has 29 heavy (non-hydrogen) atoms. The fourth-order valence-electron chi connectivity index (χ4n) is 3.66. The van der Waals surface area contributed by atoms with Gasteiger partial charge in [-0.05, 0) is 36.2 Å². The lowest BCUT2D eigenvalue weighted by molar-refractivity contribution is -0.155. The summed E-state index contributed by atoms with van der Waals surface area (Å²) in [6.07, 6.45) is 1.45. The highest BCUT2D eigenvalue weighted by atomic mass is 35.5. The summed E-state index contributed by atoms with van der Waals surface area (Å²) in [4.78, 5) is 33.6. The van der Waals surface area contributed by atoms with Crippen LogP contribution >= 0.6 is 23.2 Å². The second-order valence-corrected chi connectivity index (χ2v) is 8.07. The number of benzene rings is 1. The molecule has 0 bridgehead atoms. The Morgan fingerprint density at radius 2 is 2.00 bits per heavy atom. The summed E-state index contributed by atoms with van der Waals surface area (Å²) >= 11 is 11.8. The molecule has 0 radical (unpaired) electrons. The highest BCUT2D eigenvalue weighted by molar-refractivity contribution is 6.31. The van der Waals surface area contributed by atoms with Crippen molar-refractivity contribution in [3.05, 3.63) is 57.5 Å². The van der Waals surface area contributed by atoms with E-state index >= 15 is 0 Å². The van der Waals surface area contributed by atoms with E-state index in [0.29, 0.717) is 35.2 Å². The van der Waals surface area contributed by atoms with Crippen LogP contribution < -0.4 is 4.90 Å². The Morgan fingerprint density at radius 3 is 2.62 bits per heavy atom. The molecule has 152 valence electrons. The SMILES string of the molecule is Cc1cc(Cl)cnc1N1CC(=O)N(Cc2ccc(F)c(Cl)c2)[C@H](C2COC2)C1=O. The normalized spacial score (nSPS) is 20.2. The van der Waals surface area contributed by atoms with Crippen molar-refractivity contribution in [3.63, 3.8) is 0 Å². The Kier molecular flexibility index (Phi) is 5.46. The number of hydrogen-bond acceptors (Lipinski definition) is 4. The fourth-order valence-corrected chi connectivity index (χ4v) is 4.08. The lowest BCUT2D eigenvalue weighted by Gasteiger charge is -2.45. The predicted octanol–water partition coefficient (Wildman–Crippen LogP) is 3.23. The number of rotatable bonds is 4. The van der Waals surface area contributed by atoms with Gasteiger partial charge in [0, 0.05) is 18.7 Å². The number of aromatic nitrogens is 1. The smallest absolute Gasteiger partial charge is 0.251 e. The van der Waals surface area contributed by atoms with Gasteiger partial charge in [0.2, 0.25) is 5.91 Å². The van der Waals surface area contributed by atoms with Crippen molar-refractivity contribution in [1.29, 1.82) is 0 Å². The number of halogens is 3. The zero-order chi connectivity index (χ0) is 20.7. The Morgan fingerprint density at radius 1 is 1.24 bits per heavy atom. The molecule has 3 heterocycles. The molecule has 2 fully saturated rings. The van der Waals surface area contributed by atoms with Crippen molar-refractivity contribution >= 4 is 40.8 Å². The monoisotopic (exact) mass is 437 g/mol. The first-order valence-electron chi connectivity index (χ1n) is 9.10. The molecule has 2 aliphatic rings. The topological polar surface area (TPSA) is 62.7 Å². The van der Waals surface area contributed by atoms with Crippen LogP contribution in [0.5, 0.6) is 0 Å². The molecule has 2 saturated heterocycles. The number of piperazine rings is 1. The Bertz CT molecular complexity index is 983. The van der Waals surface area contributed by atoms with Gasteiger partial charge < -0.3 is 9.64 Å². The molecule has 2 aliphatic heterocycles. The summed E-state index contributed by atoms with van der Waals surface area (Å²) in [5.74, 6) is -0.668. The van der Waals surface area contributed by atoms with E-state index in [1.165, 1.54) is 28.1 Å². The van der Waals surface area contributed by atoms with E-state index in [9.17, 15) is 14.0 Å². The third-order valence-electron chi connectivity index (χ3n) is 5.19. The summed E-state index contributed by atoms with van der Waals surface area (Å²) < 4.78 is 18.8. The minimum absolute atomic E-state index is 0.0237. The summed E-state index contributed by atoms with van der Waals surface area (Å²) in [7, 11) is 0. The average Bonchev–Trinajstić information content (AvgIpc) is 2.62. The van der Waals surface area contributed by atoms with Crippen molar-refractivity contribution < 1.29 is 18.7 Å². The number of carbonyl (C=O) groups is 2. The molecular weight excluding hydrogens is 420 g/mol. The average molecular weight is 438 g/mol. The second kappa shape index (κ2) is 7.89. The molecule has 0 saturated carbocycles. The Labute approximate surface area is 177 Å². The number of aryl methyl sites for hydroxylation is 1. The van der Waals surface area contributed by atoms with Crippen LogP contribution in [0.15, 0.2) is 30.5 Å². The van der Waals surface area contributed by atoms with Crippen molar-refractivity contribution in [3.8, 4) is 0 Å². The number of ether oxygens (including phenoxy) is 1. The zero-order valence-corrected chi connectivity index (χ0v) is 17.1. The minimum atomic E-state index is -0.689. The number of amides is 2. The number of hydrogen-bond donors (Lipinski definition) is 0. The van der Waals surface area contributed by atoms with Crippen LogP contribution in [-0.2, 0) is 20.9 Å². The fraction of sp³-hybridized carbons (Fsp3) is 0.350. The molecule has 1 atom stereocenters. The van der Waals surface area contributed by atoms with Crippen LogP contribution in [0.3, 0.4) is 0 Å². The van der Waals surface area contributed by atoms with Crippen molar-refractivity contribution in [1.82, 2.24) is 9.88 Å². The van der Waals surface area contributed by atoms with Gasteiger partial charge in [0.05, 0.1) is 23.3 Å². The summed E-state index contributed by atoms with van der Waals surface area (Å²) in [5.41, 5.74) is 1.36. The molecule has 2 amide bonds. The molecule has 2 aromatic rings. The first-order valence-corrected chi connectivity index (χ1v) is 9.85. The maximum absolute atomic E-state index is 13.5. The lowest BCUT2D eigenvalue weighted by Crippen LogP contribution is -2.65. The van der Waals surface area contributed by atoms with Crippen LogP contribution in [0.1, 0.15) is 11.1 Å². The third kappa shape index (κ3) is 3.82. The molecule has 0 unspecified atom stereocenters. The van der Waals surface area contributed by atoms with Crippen LogP contribution in [0.25, 0.3) is 0 Å². The highest BCUT2D eigenvalue weighted by Crippen LogP contribution is 2.31. The molecule has 4 rings (SSSR count). The maximum Gasteiger partial charge on any atom is 0.251 e. The first-order chi connectivity index (χ1) is 13.8. The molecule has 1 aromatic heterocycles. The number of pyridine rings is 1. The van der Waals surface area contributed by atoms with Gasteiger partial charge in [0.15, 0.2) is 0 Å². The molecular formula is C20H18Cl2FN3O3. The van der Waals surface area contributed by atoms with Gasteiger partial charge >= 0.3 is 0 Å². The van der Waals surface area contributed by atoms with Gasteiger partial charge in [-0.25, -0.2) is 9.37 Å². The van der Waals surface area contributed by atoms with Gasteiger partial charge in [-0.3, -0.25) is 14.5 Å². The van der Waals surface area contributed by atoms with E-state index in [0.717, 1.165) is 0 Å². The van der Waals surface area contributed by atoms with Crippen LogP contribution in [-0.4, -0.2) is 47.5 Å². The Balaban J connectivity index is 1.66. The Hall–Kier alpha value is -2.22. The van der Waals surface area contributed by atoms with Crippen molar-refractivity contribution in [2.45, 2.75) is 19.5 Å². The highest BCUT2D eigenvalue weighted by Gasteiger charge is 2.47. The quantitative estimate of drug-likeness (QED) is 0.736. The molecule has 0 spiro atoms. The number of nitrogens with zero attached hydrogens (tertiary/aromatic N) is 3. The van der Waals surface area contributed by atoms with Gasteiger partial charge in [-0.15, -0.1) is 0 Å². The van der Waals surface area contributed by atoms with Crippen LogP contribution in [0.2, 0.25) is 10.0 Å². The van der Waals surface area contributed by atoms with Crippen molar-refractivity contribution in [2.75, 3.05) is 24.7 Å². The number of anilines is 1. The molecule has 0 aliphatic carbocycles. The van der Waals surface area contributed by atoms with Gasteiger partial charge in [0.25, 0.3) is 5.91 Å². The third-order valence-corrected chi connectivity index (χ3v) is 5.69. The van der Waals surface area contributed by atoms with Crippen molar-refractivity contribution in [2.24, 2.45) is 5.92 Å². The summed E-state index contributed by atoms with van der Waals surface area (Å²) in [5, 5.41) is 0.435. The molecule has 1 aromatic carbocycles. The predicted molar refractivity (Wildman–Crippen MR) is 106 cm³/mol. The minimum Gasteiger partial charge on any atom is -0.380 e. The maximum atomic E-state index is 13.5. The molecule has 6 nitrogen and oxygen atoms in total. The van der Waals surface area contributed by atoms with Gasteiger partial charge in [-0.2, -0.15) is 0 Å². The van der Waals surface area contributed by atoms with E-state index in [2.05, 4.69) is 4.98 Å². The van der Waals surface area contributed by atoms with Gasteiger partial charge in [0.1, 0.15) is 24.2 Å².